The minimum Gasteiger partial charge on any atom is -0.490 e. The summed E-state index contributed by atoms with van der Waals surface area (Å²) in [5.41, 5.74) is -0.247. The number of ether oxygens (including phenoxy) is 1. The second kappa shape index (κ2) is 7.22. The SMILES string of the molecule is COc1cc(S(=O)(=O)N2CCC3CCC(C2)N3)ccc1[N+](=O)[O-].Cl. The highest BCUT2D eigenvalue weighted by atomic mass is 35.5. The number of nitro groups is 1. The second-order valence-corrected chi connectivity index (χ2v) is 7.82. The summed E-state index contributed by atoms with van der Waals surface area (Å²) in [6.07, 6.45) is 2.84. The van der Waals surface area contributed by atoms with Gasteiger partial charge >= 0.3 is 5.69 Å². The number of methoxy groups -OCH3 is 1. The number of nitro benzene ring substituents is 1. The molecule has 1 aromatic carbocycles. The molecule has 24 heavy (non-hydrogen) atoms. The van der Waals surface area contributed by atoms with Gasteiger partial charge in [-0.2, -0.15) is 4.31 Å². The van der Waals surface area contributed by atoms with Crippen LogP contribution < -0.4 is 10.1 Å². The van der Waals surface area contributed by atoms with Crippen LogP contribution in [-0.4, -0.2) is 49.9 Å². The molecule has 2 unspecified atom stereocenters. The topological polar surface area (TPSA) is 102 Å². The zero-order valence-corrected chi connectivity index (χ0v) is 14.8. The van der Waals surface area contributed by atoms with E-state index in [-0.39, 0.29) is 34.8 Å². The van der Waals surface area contributed by atoms with Crippen LogP contribution in [0.15, 0.2) is 23.1 Å². The highest BCUT2D eigenvalue weighted by Crippen LogP contribution is 2.31. The lowest BCUT2D eigenvalue weighted by Gasteiger charge is -2.23. The third kappa shape index (κ3) is 3.49. The maximum Gasteiger partial charge on any atom is 0.310 e. The molecule has 2 aliphatic heterocycles. The lowest BCUT2D eigenvalue weighted by Crippen LogP contribution is -2.39. The van der Waals surface area contributed by atoms with Gasteiger partial charge in [-0.25, -0.2) is 8.42 Å². The average molecular weight is 378 g/mol. The molecule has 1 aromatic rings. The molecular weight excluding hydrogens is 358 g/mol. The first-order valence-electron chi connectivity index (χ1n) is 7.50. The van der Waals surface area contributed by atoms with E-state index in [0.29, 0.717) is 19.1 Å². The lowest BCUT2D eigenvalue weighted by atomic mass is 10.1. The molecule has 0 aromatic heterocycles. The van der Waals surface area contributed by atoms with E-state index < -0.39 is 14.9 Å². The van der Waals surface area contributed by atoms with Gasteiger partial charge < -0.3 is 10.1 Å². The van der Waals surface area contributed by atoms with E-state index >= 15 is 0 Å². The van der Waals surface area contributed by atoms with Gasteiger partial charge in [0.1, 0.15) is 0 Å². The van der Waals surface area contributed by atoms with Gasteiger partial charge in [-0.1, -0.05) is 0 Å². The average Bonchev–Trinajstić information content (AvgIpc) is 2.84. The Kier molecular flexibility index (Phi) is 5.69. The van der Waals surface area contributed by atoms with E-state index in [9.17, 15) is 18.5 Å². The maximum atomic E-state index is 12.8. The summed E-state index contributed by atoms with van der Waals surface area (Å²) in [6.45, 7) is 0.883. The van der Waals surface area contributed by atoms with Gasteiger partial charge in [0.05, 0.1) is 16.9 Å². The smallest absolute Gasteiger partial charge is 0.310 e. The van der Waals surface area contributed by atoms with Crippen molar-refractivity contribution < 1.29 is 18.1 Å². The van der Waals surface area contributed by atoms with Crippen LogP contribution in [0.2, 0.25) is 0 Å². The molecule has 2 heterocycles. The van der Waals surface area contributed by atoms with Gasteiger partial charge in [-0.15, -0.1) is 12.4 Å². The lowest BCUT2D eigenvalue weighted by molar-refractivity contribution is -0.385. The highest BCUT2D eigenvalue weighted by molar-refractivity contribution is 7.89. The summed E-state index contributed by atoms with van der Waals surface area (Å²) in [4.78, 5) is 10.4. The van der Waals surface area contributed by atoms with E-state index in [1.54, 1.807) is 0 Å². The van der Waals surface area contributed by atoms with Crippen LogP contribution in [0.5, 0.6) is 5.75 Å². The van der Waals surface area contributed by atoms with Crippen molar-refractivity contribution in [3.05, 3.63) is 28.3 Å². The molecule has 2 atom stereocenters. The van der Waals surface area contributed by atoms with E-state index in [0.717, 1.165) is 19.3 Å². The Hall–Kier alpha value is -1.42. The van der Waals surface area contributed by atoms with Crippen molar-refractivity contribution in [2.45, 2.75) is 36.2 Å². The maximum absolute atomic E-state index is 12.8. The molecule has 1 N–H and O–H groups in total. The third-order valence-electron chi connectivity index (χ3n) is 4.47. The van der Waals surface area contributed by atoms with E-state index in [1.165, 1.54) is 29.6 Å². The first kappa shape index (κ1) is 18.9. The number of sulfonamides is 1. The summed E-state index contributed by atoms with van der Waals surface area (Å²) in [5, 5.41) is 14.4. The Bertz CT molecular complexity index is 727. The quantitative estimate of drug-likeness (QED) is 0.630. The number of rotatable bonds is 4. The fourth-order valence-corrected chi connectivity index (χ4v) is 4.76. The predicted molar refractivity (Wildman–Crippen MR) is 90.2 cm³/mol. The largest absolute Gasteiger partial charge is 0.490 e. The molecule has 0 radical (unpaired) electrons. The zero-order chi connectivity index (χ0) is 16.6. The summed E-state index contributed by atoms with van der Waals surface area (Å²) in [7, 11) is -2.41. The number of nitrogens with zero attached hydrogens (tertiary/aromatic N) is 2. The van der Waals surface area contributed by atoms with Crippen molar-refractivity contribution in [1.29, 1.82) is 0 Å². The summed E-state index contributed by atoms with van der Waals surface area (Å²) >= 11 is 0. The van der Waals surface area contributed by atoms with Gasteiger partial charge in [0.15, 0.2) is 5.75 Å². The molecule has 0 aliphatic carbocycles. The molecule has 2 bridgehead atoms. The Morgan fingerprint density at radius 2 is 2.00 bits per heavy atom. The van der Waals surface area contributed by atoms with Crippen molar-refractivity contribution in [1.82, 2.24) is 9.62 Å². The molecular formula is C14H20ClN3O5S. The van der Waals surface area contributed by atoms with Crippen LogP contribution in [0.1, 0.15) is 19.3 Å². The van der Waals surface area contributed by atoms with E-state index in [1.807, 2.05) is 0 Å². The van der Waals surface area contributed by atoms with Crippen molar-refractivity contribution in [3.63, 3.8) is 0 Å². The van der Waals surface area contributed by atoms with Crippen molar-refractivity contribution >= 4 is 28.1 Å². The Morgan fingerprint density at radius 1 is 1.29 bits per heavy atom. The second-order valence-electron chi connectivity index (χ2n) is 5.88. The molecule has 3 rings (SSSR count). The number of benzene rings is 1. The van der Waals surface area contributed by atoms with E-state index in [4.69, 9.17) is 4.74 Å². The van der Waals surface area contributed by atoms with Crippen molar-refractivity contribution in [2.24, 2.45) is 0 Å². The first-order chi connectivity index (χ1) is 10.9. The van der Waals surface area contributed by atoms with Crippen LogP contribution in [0.25, 0.3) is 0 Å². The van der Waals surface area contributed by atoms with Crippen LogP contribution in [0, 0.1) is 10.1 Å². The van der Waals surface area contributed by atoms with Gasteiger partial charge in [0, 0.05) is 37.3 Å². The number of fused-ring (bicyclic) bond motifs is 2. The number of hydrogen-bond donors (Lipinski definition) is 1. The number of nitrogens with one attached hydrogen (secondary N) is 1. The fraction of sp³-hybridized carbons (Fsp3) is 0.571. The van der Waals surface area contributed by atoms with Gasteiger partial charge in [-0.05, 0) is 25.3 Å². The Balaban J connectivity index is 0.00000208. The van der Waals surface area contributed by atoms with Gasteiger partial charge in [0.2, 0.25) is 10.0 Å². The van der Waals surface area contributed by atoms with E-state index in [2.05, 4.69) is 5.32 Å². The molecule has 0 spiro atoms. The standard InChI is InChI=1S/C14H19N3O5S.ClH/c1-22-14-8-12(4-5-13(14)17(18)19)23(20,21)16-7-6-10-2-3-11(9-16)15-10;/h4-5,8,10-11,15H,2-3,6-7,9H2,1H3;1H. The Morgan fingerprint density at radius 3 is 2.67 bits per heavy atom. The summed E-state index contributed by atoms with van der Waals surface area (Å²) < 4.78 is 32.1. The molecule has 10 heteroatoms. The molecule has 2 aliphatic rings. The fourth-order valence-electron chi connectivity index (χ4n) is 3.25. The number of halogens is 1. The third-order valence-corrected chi connectivity index (χ3v) is 6.33. The molecule has 8 nitrogen and oxygen atoms in total. The summed E-state index contributed by atoms with van der Waals surface area (Å²) in [6, 6.07) is 4.23. The molecule has 134 valence electrons. The first-order valence-corrected chi connectivity index (χ1v) is 8.94. The van der Waals surface area contributed by atoms with Crippen molar-refractivity contribution in [3.8, 4) is 5.75 Å². The van der Waals surface area contributed by atoms with Gasteiger partial charge in [-0.3, -0.25) is 10.1 Å². The monoisotopic (exact) mass is 377 g/mol. The zero-order valence-electron chi connectivity index (χ0n) is 13.2. The molecule has 0 amide bonds. The normalized spacial score (nSPS) is 24.0. The number of hydrogen-bond acceptors (Lipinski definition) is 6. The van der Waals surface area contributed by atoms with Crippen LogP contribution >= 0.6 is 12.4 Å². The molecule has 0 saturated carbocycles. The van der Waals surface area contributed by atoms with Crippen LogP contribution in [0.3, 0.4) is 0 Å². The Labute approximate surface area is 146 Å². The minimum atomic E-state index is -3.69. The predicted octanol–water partition coefficient (Wildman–Crippen LogP) is 1.54. The highest BCUT2D eigenvalue weighted by Gasteiger charge is 2.35. The summed E-state index contributed by atoms with van der Waals surface area (Å²) in [5.74, 6) is -0.0504. The minimum absolute atomic E-state index is 0. The van der Waals surface area contributed by atoms with Gasteiger partial charge in [0.25, 0.3) is 0 Å². The molecule has 2 saturated heterocycles. The van der Waals surface area contributed by atoms with Crippen LogP contribution in [0.4, 0.5) is 5.69 Å². The molecule has 2 fully saturated rings. The van der Waals surface area contributed by atoms with Crippen LogP contribution in [-0.2, 0) is 10.0 Å². The van der Waals surface area contributed by atoms with Crippen molar-refractivity contribution in [2.75, 3.05) is 20.2 Å².